The Bertz CT molecular complexity index is 450. The minimum absolute atomic E-state index is 0. The summed E-state index contributed by atoms with van der Waals surface area (Å²) in [6, 6.07) is 8.48. The fraction of sp³-hybridized carbons (Fsp3) is 0.611. The average Bonchev–Trinajstić information content (AvgIpc) is 2.52. The molecule has 4 nitrogen and oxygen atoms in total. The van der Waals surface area contributed by atoms with Gasteiger partial charge in [0, 0.05) is 20.1 Å². The first-order chi connectivity index (χ1) is 10.7. The van der Waals surface area contributed by atoms with Crippen molar-refractivity contribution in [1.29, 1.82) is 0 Å². The molecule has 0 amide bonds. The van der Waals surface area contributed by atoms with Gasteiger partial charge >= 0.3 is 0 Å². The zero-order valence-electron chi connectivity index (χ0n) is 14.9. The summed E-state index contributed by atoms with van der Waals surface area (Å²) in [6.07, 6.45) is 3.92. The number of unbranched alkanes of at least 4 members (excludes halogenated alkanes) is 2. The third kappa shape index (κ3) is 10.5. The van der Waals surface area contributed by atoms with Crippen LogP contribution in [0.4, 0.5) is 0 Å². The molecule has 0 unspecified atom stereocenters. The molecule has 5 heteroatoms. The number of aliphatic imine (C=N–C) groups is 1. The van der Waals surface area contributed by atoms with Crippen LogP contribution in [0.15, 0.2) is 29.3 Å². The fourth-order valence-electron chi connectivity index (χ4n) is 2.08. The standard InChI is InChI=1S/C18H31N3O.HI/c1-5-6-7-11-20-18(19-4)21-13-16-9-8-10-17(12-16)14-22-15(2)3;/h8-10,12,15H,5-7,11,13-14H2,1-4H3,(H2,19,20,21);1H. The summed E-state index contributed by atoms with van der Waals surface area (Å²) in [7, 11) is 1.81. The van der Waals surface area contributed by atoms with Crippen molar-refractivity contribution >= 4 is 29.9 Å². The molecule has 0 aliphatic heterocycles. The first kappa shape index (κ1) is 22.2. The van der Waals surface area contributed by atoms with Gasteiger partial charge in [0.2, 0.25) is 0 Å². The summed E-state index contributed by atoms with van der Waals surface area (Å²) in [5, 5.41) is 6.70. The van der Waals surface area contributed by atoms with Crippen LogP contribution in [-0.2, 0) is 17.9 Å². The zero-order valence-corrected chi connectivity index (χ0v) is 17.2. The second-order valence-corrected chi connectivity index (χ2v) is 5.74. The van der Waals surface area contributed by atoms with Crippen molar-refractivity contribution in [3.8, 4) is 0 Å². The first-order valence-corrected chi connectivity index (χ1v) is 8.29. The molecule has 0 aliphatic rings. The smallest absolute Gasteiger partial charge is 0.191 e. The van der Waals surface area contributed by atoms with Crippen LogP contribution in [0.3, 0.4) is 0 Å². The summed E-state index contributed by atoms with van der Waals surface area (Å²) >= 11 is 0. The van der Waals surface area contributed by atoms with Gasteiger partial charge in [-0.3, -0.25) is 4.99 Å². The predicted molar refractivity (Wildman–Crippen MR) is 110 cm³/mol. The van der Waals surface area contributed by atoms with E-state index in [1.807, 2.05) is 7.05 Å². The molecule has 0 aromatic heterocycles. The molecular weight excluding hydrogens is 401 g/mol. The quantitative estimate of drug-likeness (QED) is 0.267. The van der Waals surface area contributed by atoms with E-state index in [2.05, 4.69) is 60.7 Å². The molecule has 23 heavy (non-hydrogen) atoms. The molecule has 2 N–H and O–H groups in total. The van der Waals surface area contributed by atoms with Crippen LogP contribution in [0.25, 0.3) is 0 Å². The maximum atomic E-state index is 5.65. The molecule has 1 aromatic rings. The van der Waals surface area contributed by atoms with E-state index in [0.717, 1.165) is 19.0 Å². The molecule has 0 radical (unpaired) electrons. The van der Waals surface area contributed by atoms with E-state index >= 15 is 0 Å². The monoisotopic (exact) mass is 433 g/mol. The van der Waals surface area contributed by atoms with Gasteiger partial charge in [0.05, 0.1) is 12.7 Å². The van der Waals surface area contributed by atoms with Crippen molar-refractivity contribution < 1.29 is 4.74 Å². The van der Waals surface area contributed by atoms with Crippen LogP contribution in [0.5, 0.6) is 0 Å². The van der Waals surface area contributed by atoms with Crippen molar-refractivity contribution in [2.24, 2.45) is 4.99 Å². The maximum Gasteiger partial charge on any atom is 0.191 e. The van der Waals surface area contributed by atoms with Crippen LogP contribution in [0, 0.1) is 0 Å². The summed E-state index contributed by atoms with van der Waals surface area (Å²) < 4.78 is 5.65. The number of guanidine groups is 1. The highest BCUT2D eigenvalue weighted by Crippen LogP contribution is 2.07. The molecule has 0 spiro atoms. The lowest BCUT2D eigenvalue weighted by Gasteiger charge is -2.13. The van der Waals surface area contributed by atoms with E-state index in [1.54, 1.807) is 0 Å². The lowest BCUT2D eigenvalue weighted by atomic mass is 10.1. The molecule has 0 fully saturated rings. The summed E-state index contributed by atoms with van der Waals surface area (Å²) in [4.78, 5) is 4.25. The molecule has 0 saturated heterocycles. The van der Waals surface area contributed by atoms with E-state index in [0.29, 0.717) is 6.61 Å². The number of nitrogens with one attached hydrogen (secondary N) is 2. The van der Waals surface area contributed by atoms with E-state index in [4.69, 9.17) is 4.74 Å². The van der Waals surface area contributed by atoms with Gasteiger partial charge in [0.25, 0.3) is 0 Å². The Kier molecular flexibility index (Phi) is 13.1. The highest BCUT2D eigenvalue weighted by Gasteiger charge is 2.01. The van der Waals surface area contributed by atoms with Gasteiger partial charge in [-0.2, -0.15) is 0 Å². The molecule has 1 rings (SSSR count). The molecule has 0 heterocycles. The third-order valence-corrected chi connectivity index (χ3v) is 3.33. The molecule has 0 aliphatic carbocycles. The molecule has 0 saturated carbocycles. The number of nitrogens with zero attached hydrogens (tertiary/aromatic N) is 1. The molecule has 0 atom stereocenters. The number of halogens is 1. The highest BCUT2D eigenvalue weighted by atomic mass is 127. The van der Waals surface area contributed by atoms with E-state index in [-0.39, 0.29) is 30.1 Å². The van der Waals surface area contributed by atoms with Crippen molar-refractivity contribution in [1.82, 2.24) is 10.6 Å². The Morgan fingerprint density at radius 2 is 1.91 bits per heavy atom. The molecule has 0 bridgehead atoms. The summed E-state index contributed by atoms with van der Waals surface area (Å²) in [5.74, 6) is 0.861. The van der Waals surface area contributed by atoms with Gasteiger partial charge in [-0.25, -0.2) is 0 Å². The van der Waals surface area contributed by atoms with E-state index in [9.17, 15) is 0 Å². The number of hydrogen-bond donors (Lipinski definition) is 2. The van der Waals surface area contributed by atoms with Crippen molar-refractivity contribution in [3.63, 3.8) is 0 Å². The van der Waals surface area contributed by atoms with Gasteiger partial charge in [-0.15, -0.1) is 24.0 Å². The van der Waals surface area contributed by atoms with Crippen molar-refractivity contribution in [2.75, 3.05) is 13.6 Å². The number of hydrogen-bond acceptors (Lipinski definition) is 2. The van der Waals surface area contributed by atoms with Gasteiger partial charge in [0.15, 0.2) is 5.96 Å². The lowest BCUT2D eigenvalue weighted by Crippen LogP contribution is -2.37. The van der Waals surface area contributed by atoms with Gasteiger partial charge in [-0.1, -0.05) is 44.0 Å². The van der Waals surface area contributed by atoms with E-state index in [1.165, 1.54) is 30.4 Å². The predicted octanol–water partition coefficient (Wildman–Crippen LogP) is 4.08. The second kappa shape index (κ2) is 13.6. The van der Waals surface area contributed by atoms with Crippen molar-refractivity contribution in [3.05, 3.63) is 35.4 Å². The lowest BCUT2D eigenvalue weighted by molar-refractivity contribution is 0.0657. The van der Waals surface area contributed by atoms with E-state index < -0.39 is 0 Å². The van der Waals surface area contributed by atoms with Crippen LogP contribution in [-0.4, -0.2) is 25.7 Å². The SMILES string of the molecule is CCCCCNC(=NC)NCc1cccc(COC(C)C)c1.I. The van der Waals surface area contributed by atoms with Gasteiger partial charge in [-0.05, 0) is 31.4 Å². The number of rotatable bonds is 9. The molecule has 1 aromatic carbocycles. The largest absolute Gasteiger partial charge is 0.374 e. The molecule has 132 valence electrons. The second-order valence-electron chi connectivity index (χ2n) is 5.74. The summed E-state index contributed by atoms with van der Waals surface area (Å²) in [6.45, 7) is 8.72. The topological polar surface area (TPSA) is 45.7 Å². The highest BCUT2D eigenvalue weighted by molar-refractivity contribution is 14.0. The maximum absolute atomic E-state index is 5.65. The van der Waals surface area contributed by atoms with Gasteiger partial charge in [0.1, 0.15) is 0 Å². The normalized spacial score (nSPS) is 11.3. The minimum atomic E-state index is 0. The number of ether oxygens (including phenoxy) is 1. The Morgan fingerprint density at radius 3 is 2.57 bits per heavy atom. The van der Waals surface area contributed by atoms with Crippen LogP contribution in [0.2, 0.25) is 0 Å². The zero-order chi connectivity index (χ0) is 16.2. The number of benzene rings is 1. The Hall–Kier alpha value is -0.820. The van der Waals surface area contributed by atoms with Crippen LogP contribution in [0.1, 0.15) is 51.2 Å². The summed E-state index contributed by atoms with van der Waals surface area (Å²) in [5.41, 5.74) is 2.44. The van der Waals surface area contributed by atoms with Crippen molar-refractivity contribution in [2.45, 2.75) is 59.3 Å². The minimum Gasteiger partial charge on any atom is -0.374 e. The molecular formula is C18H32IN3O. The van der Waals surface area contributed by atoms with Gasteiger partial charge < -0.3 is 15.4 Å². The van der Waals surface area contributed by atoms with Crippen LogP contribution >= 0.6 is 24.0 Å². The Balaban J connectivity index is 0.00000484. The third-order valence-electron chi connectivity index (χ3n) is 3.33. The first-order valence-electron chi connectivity index (χ1n) is 8.29. The average molecular weight is 433 g/mol. The Labute approximate surface area is 158 Å². The Morgan fingerprint density at radius 1 is 1.17 bits per heavy atom. The van der Waals surface area contributed by atoms with Crippen LogP contribution < -0.4 is 10.6 Å². The fourth-order valence-corrected chi connectivity index (χ4v) is 2.08.